The first kappa shape index (κ1) is 18.4. The number of amides is 1. The van der Waals surface area contributed by atoms with Gasteiger partial charge in [0.25, 0.3) is 0 Å². The van der Waals surface area contributed by atoms with Crippen molar-refractivity contribution in [2.45, 2.75) is 32.6 Å². The number of nitrogens with one attached hydrogen (secondary N) is 1. The van der Waals surface area contributed by atoms with E-state index < -0.39 is 0 Å². The highest BCUT2D eigenvalue weighted by atomic mass is 16.2. The van der Waals surface area contributed by atoms with Gasteiger partial charge in [-0.15, -0.1) is 0 Å². The van der Waals surface area contributed by atoms with Crippen LogP contribution in [-0.4, -0.2) is 26.6 Å². The summed E-state index contributed by atoms with van der Waals surface area (Å²) in [6, 6.07) is 3.75. The van der Waals surface area contributed by atoms with Crippen LogP contribution in [-0.2, 0) is 9.59 Å². The van der Waals surface area contributed by atoms with Gasteiger partial charge in [0.2, 0.25) is 5.91 Å². The molecule has 30 heavy (non-hydrogen) atoms. The number of anilines is 2. The van der Waals surface area contributed by atoms with Crippen molar-refractivity contribution in [3.05, 3.63) is 47.9 Å². The highest BCUT2D eigenvalue weighted by Crippen LogP contribution is 2.40. The van der Waals surface area contributed by atoms with E-state index >= 15 is 0 Å². The van der Waals surface area contributed by atoms with E-state index in [0.717, 1.165) is 40.5 Å². The van der Waals surface area contributed by atoms with Gasteiger partial charge in [-0.3, -0.25) is 14.6 Å². The third-order valence-corrected chi connectivity index (χ3v) is 5.71. The zero-order valence-electron chi connectivity index (χ0n) is 16.6. The molecule has 3 aromatic rings. The summed E-state index contributed by atoms with van der Waals surface area (Å²) >= 11 is 0. The lowest BCUT2D eigenvalue weighted by molar-refractivity contribution is -0.117. The van der Waals surface area contributed by atoms with Crippen molar-refractivity contribution in [1.82, 2.24) is 15.0 Å². The smallest absolute Gasteiger partial charge is 0.228 e. The SMILES string of the molecule is Cc1ccncc1-c1nc(N)c2cnc(NC(=O)C3CC3)cc2c1C1=CC(=O)CC1. The van der Waals surface area contributed by atoms with Crippen molar-refractivity contribution in [2.24, 2.45) is 5.92 Å². The Morgan fingerprint density at radius 3 is 2.73 bits per heavy atom. The zero-order valence-corrected chi connectivity index (χ0v) is 16.6. The Morgan fingerprint density at radius 2 is 2.03 bits per heavy atom. The highest BCUT2D eigenvalue weighted by Gasteiger charge is 2.30. The Bertz CT molecular complexity index is 1240. The van der Waals surface area contributed by atoms with Crippen molar-refractivity contribution >= 4 is 39.7 Å². The van der Waals surface area contributed by atoms with Gasteiger partial charge in [0.15, 0.2) is 5.78 Å². The number of allylic oxidation sites excluding steroid dienone is 2. The molecule has 150 valence electrons. The molecule has 0 aliphatic heterocycles. The van der Waals surface area contributed by atoms with Gasteiger partial charge in [0.1, 0.15) is 11.6 Å². The minimum atomic E-state index is -0.0102. The number of hydrogen-bond acceptors (Lipinski definition) is 6. The van der Waals surface area contributed by atoms with E-state index in [9.17, 15) is 9.59 Å². The third kappa shape index (κ3) is 3.22. The third-order valence-electron chi connectivity index (χ3n) is 5.71. The number of hydrogen-bond donors (Lipinski definition) is 2. The summed E-state index contributed by atoms with van der Waals surface area (Å²) in [5.74, 6) is 0.993. The van der Waals surface area contributed by atoms with E-state index in [1.165, 1.54) is 0 Å². The van der Waals surface area contributed by atoms with Gasteiger partial charge in [-0.1, -0.05) is 0 Å². The number of nitrogens with two attached hydrogens (primary N) is 1. The predicted molar refractivity (Wildman–Crippen MR) is 115 cm³/mol. The first-order valence-corrected chi connectivity index (χ1v) is 10.1. The average Bonchev–Trinajstić information content (AvgIpc) is 3.50. The van der Waals surface area contributed by atoms with Gasteiger partial charge in [-0.25, -0.2) is 9.97 Å². The molecule has 0 unspecified atom stereocenters. The number of aromatic nitrogens is 3. The normalized spacial score (nSPS) is 16.0. The fourth-order valence-corrected chi connectivity index (χ4v) is 3.90. The Hall–Kier alpha value is -3.61. The van der Waals surface area contributed by atoms with E-state index in [4.69, 9.17) is 5.73 Å². The molecule has 3 aromatic heterocycles. The highest BCUT2D eigenvalue weighted by molar-refractivity contribution is 6.10. The number of carbonyl (C=O) groups is 2. The number of rotatable bonds is 4. The van der Waals surface area contributed by atoms with Crippen LogP contribution in [0.15, 0.2) is 36.8 Å². The minimum Gasteiger partial charge on any atom is -0.383 e. The molecule has 0 saturated heterocycles. The van der Waals surface area contributed by atoms with Gasteiger partial charge < -0.3 is 11.1 Å². The molecular weight excluding hydrogens is 378 g/mol. The molecule has 3 heterocycles. The van der Waals surface area contributed by atoms with Crippen LogP contribution in [0.1, 0.15) is 36.8 Å². The lowest BCUT2D eigenvalue weighted by Crippen LogP contribution is -2.14. The van der Waals surface area contributed by atoms with Gasteiger partial charge in [-0.2, -0.15) is 0 Å². The maximum atomic E-state index is 12.2. The maximum Gasteiger partial charge on any atom is 0.228 e. The van der Waals surface area contributed by atoms with Crippen LogP contribution in [0.2, 0.25) is 0 Å². The number of ketones is 1. The predicted octanol–water partition coefficient (Wildman–Crippen LogP) is 3.68. The Kier molecular flexibility index (Phi) is 4.31. The van der Waals surface area contributed by atoms with Crippen molar-refractivity contribution in [3.8, 4) is 11.3 Å². The Labute approximate surface area is 173 Å². The van der Waals surface area contributed by atoms with Crippen molar-refractivity contribution in [3.63, 3.8) is 0 Å². The molecule has 0 radical (unpaired) electrons. The molecule has 7 nitrogen and oxygen atoms in total. The molecule has 7 heteroatoms. The van der Waals surface area contributed by atoms with Crippen LogP contribution in [0.3, 0.4) is 0 Å². The Balaban J connectivity index is 1.76. The molecule has 3 N–H and O–H groups in total. The van der Waals surface area contributed by atoms with Gasteiger partial charge >= 0.3 is 0 Å². The molecule has 2 aliphatic rings. The topological polar surface area (TPSA) is 111 Å². The number of fused-ring (bicyclic) bond motifs is 1. The van der Waals surface area contributed by atoms with Crippen molar-refractivity contribution < 1.29 is 9.59 Å². The number of nitrogen functional groups attached to an aromatic ring is 1. The van der Waals surface area contributed by atoms with E-state index in [0.29, 0.717) is 35.6 Å². The number of aryl methyl sites for hydroxylation is 1. The first-order chi connectivity index (χ1) is 14.5. The molecule has 0 spiro atoms. The fourth-order valence-electron chi connectivity index (χ4n) is 3.90. The maximum absolute atomic E-state index is 12.2. The van der Waals surface area contributed by atoms with Crippen LogP contribution >= 0.6 is 0 Å². The molecule has 1 amide bonds. The summed E-state index contributed by atoms with van der Waals surface area (Å²) in [6.45, 7) is 1.99. The van der Waals surface area contributed by atoms with E-state index in [1.807, 2.05) is 19.1 Å². The number of carbonyl (C=O) groups excluding carboxylic acids is 2. The van der Waals surface area contributed by atoms with E-state index in [2.05, 4.69) is 20.3 Å². The molecular formula is C23H21N5O2. The van der Waals surface area contributed by atoms with Crippen molar-refractivity contribution in [1.29, 1.82) is 0 Å². The summed E-state index contributed by atoms with van der Waals surface area (Å²) in [6.07, 6.45) is 9.77. The second-order valence-corrected chi connectivity index (χ2v) is 7.93. The summed E-state index contributed by atoms with van der Waals surface area (Å²) in [7, 11) is 0. The Morgan fingerprint density at radius 1 is 1.20 bits per heavy atom. The fraction of sp³-hybridized carbons (Fsp3) is 0.261. The standard InChI is InChI=1S/C23H21N5O2/c1-12-6-7-25-10-17(12)21-20(14-4-5-15(29)8-14)16-9-19(27-23(30)13-2-3-13)26-11-18(16)22(24)28-21/h6-11,13H,2-5H2,1H3,(H2,24,28)(H,26,27,30). The van der Waals surface area contributed by atoms with Crippen LogP contribution < -0.4 is 11.1 Å². The van der Waals surface area contributed by atoms with E-state index in [-0.39, 0.29) is 17.6 Å². The monoisotopic (exact) mass is 399 g/mol. The van der Waals surface area contributed by atoms with Gasteiger partial charge in [0.05, 0.1) is 5.69 Å². The van der Waals surface area contributed by atoms with E-state index in [1.54, 1.807) is 24.7 Å². The average molecular weight is 399 g/mol. The van der Waals surface area contributed by atoms with Crippen LogP contribution in [0.4, 0.5) is 11.6 Å². The minimum absolute atomic E-state index is 0.0102. The molecule has 0 aromatic carbocycles. The number of pyridine rings is 3. The molecule has 1 saturated carbocycles. The lowest BCUT2D eigenvalue weighted by atomic mass is 9.93. The van der Waals surface area contributed by atoms with Crippen LogP contribution in [0.25, 0.3) is 27.6 Å². The largest absolute Gasteiger partial charge is 0.383 e. The van der Waals surface area contributed by atoms with Crippen LogP contribution in [0, 0.1) is 12.8 Å². The second-order valence-electron chi connectivity index (χ2n) is 7.93. The summed E-state index contributed by atoms with van der Waals surface area (Å²) in [5, 5.41) is 4.42. The van der Waals surface area contributed by atoms with Crippen LogP contribution in [0.5, 0.6) is 0 Å². The second kappa shape index (κ2) is 7.02. The summed E-state index contributed by atoms with van der Waals surface area (Å²) in [4.78, 5) is 37.6. The molecule has 1 fully saturated rings. The van der Waals surface area contributed by atoms with Gasteiger partial charge in [-0.05, 0) is 55.5 Å². The zero-order chi connectivity index (χ0) is 20.8. The van der Waals surface area contributed by atoms with Crippen molar-refractivity contribution in [2.75, 3.05) is 11.1 Å². The molecule has 0 atom stereocenters. The molecule has 0 bridgehead atoms. The molecule has 2 aliphatic carbocycles. The summed E-state index contributed by atoms with van der Waals surface area (Å²) in [5.41, 5.74) is 10.6. The summed E-state index contributed by atoms with van der Waals surface area (Å²) < 4.78 is 0. The number of nitrogens with zero attached hydrogens (tertiary/aromatic N) is 3. The van der Waals surface area contributed by atoms with Gasteiger partial charge in [0, 0.05) is 52.8 Å². The molecule has 5 rings (SSSR count). The lowest BCUT2D eigenvalue weighted by Gasteiger charge is -2.17. The first-order valence-electron chi connectivity index (χ1n) is 10.1. The quantitative estimate of drug-likeness (QED) is 0.692.